The van der Waals surface area contributed by atoms with Crippen LogP contribution >= 0.6 is 0 Å². The van der Waals surface area contributed by atoms with Crippen LogP contribution < -0.4 is 29.3 Å². The molecule has 30 heavy (non-hydrogen) atoms. The molecular weight excluding hydrogens is 382 g/mol. The van der Waals surface area contributed by atoms with E-state index < -0.39 is 0 Å². The predicted molar refractivity (Wildman–Crippen MR) is 114 cm³/mol. The fourth-order valence-electron chi connectivity index (χ4n) is 3.60. The number of quaternary nitrogens is 2. The average Bonchev–Trinajstić information content (AvgIpc) is 2.79. The summed E-state index contributed by atoms with van der Waals surface area (Å²) in [5, 5.41) is 3.02. The summed E-state index contributed by atoms with van der Waals surface area (Å²) in [7, 11) is 3.31. The summed E-state index contributed by atoms with van der Waals surface area (Å²) in [6.07, 6.45) is 0. The Morgan fingerprint density at radius 1 is 0.833 bits per heavy atom. The first-order chi connectivity index (χ1) is 14.7. The third kappa shape index (κ3) is 6.93. The average molecular weight is 416 g/mol. The minimum Gasteiger partial charge on any atom is -0.497 e. The van der Waals surface area contributed by atoms with Crippen LogP contribution in [0.4, 0.5) is 0 Å². The van der Waals surface area contributed by atoms with Crippen molar-refractivity contribution in [3.05, 3.63) is 54.1 Å². The number of carbonyl (C=O) groups excluding carboxylic acids is 1. The van der Waals surface area contributed by atoms with Gasteiger partial charge in [0.25, 0.3) is 5.91 Å². The number of hydrogen-bond acceptors (Lipinski definition) is 4. The molecule has 3 N–H and O–H groups in total. The van der Waals surface area contributed by atoms with Crippen LogP contribution in [0.15, 0.2) is 48.5 Å². The third-order valence-electron chi connectivity index (χ3n) is 5.51. The minimum atomic E-state index is 0.104. The summed E-state index contributed by atoms with van der Waals surface area (Å²) in [4.78, 5) is 15.2. The molecule has 7 nitrogen and oxygen atoms in total. The molecule has 2 aromatic rings. The Morgan fingerprint density at radius 2 is 1.37 bits per heavy atom. The molecule has 1 aliphatic heterocycles. The lowest BCUT2D eigenvalue weighted by molar-refractivity contribution is -1.01. The van der Waals surface area contributed by atoms with Crippen LogP contribution in [0.2, 0.25) is 0 Å². The predicted octanol–water partition coefficient (Wildman–Crippen LogP) is -0.818. The minimum absolute atomic E-state index is 0.104. The molecule has 2 aromatic carbocycles. The first-order valence-corrected chi connectivity index (χ1v) is 10.5. The number of hydrogen-bond donors (Lipinski definition) is 3. The number of ether oxygens (including phenoxy) is 3. The summed E-state index contributed by atoms with van der Waals surface area (Å²) in [5.41, 5.74) is 1.07. The second kappa shape index (κ2) is 11.4. The molecule has 0 unspecified atom stereocenters. The molecule has 0 aliphatic carbocycles. The van der Waals surface area contributed by atoms with E-state index >= 15 is 0 Å². The zero-order valence-electron chi connectivity index (χ0n) is 17.9. The first kappa shape index (κ1) is 21.9. The number of rotatable bonds is 10. The molecule has 1 saturated heterocycles. The fraction of sp³-hybridized carbons (Fsp3) is 0.435. The van der Waals surface area contributed by atoms with Crippen LogP contribution in [0.25, 0.3) is 0 Å². The van der Waals surface area contributed by atoms with E-state index in [9.17, 15) is 4.79 Å². The van der Waals surface area contributed by atoms with Crippen molar-refractivity contribution >= 4 is 5.91 Å². The van der Waals surface area contributed by atoms with Crippen molar-refractivity contribution in [1.29, 1.82) is 0 Å². The van der Waals surface area contributed by atoms with Gasteiger partial charge in [-0.3, -0.25) is 4.79 Å². The van der Waals surface area contributed by atoms with Gasteiger partial charge >= 0.3 is 0 Å². The summed E-state index contributed by atoms with van der Waals surface area (Å²) < 4.78 is 16.1. The molecule has 0 spiro atoms. The molecule has 0 aromatic heterocycles. The van der Waals surface area contributed by atoms with Crippen molar-refractivity contribution in [3.8, 4) is 17.2 Å². The maximum Gasteiger partial charge on any atom is 0.275 e. The lowest BCUT2D eigenvalue weighted by atomic mass is 10.2. The molecule has 0 bridgehead atoms. The Morgan fingerprint density at radius 3 is 1.97 bits per heavy atom. The van der Waals surface area contributed by atoms with Gasteiger partial charge in [0.15, 0.2) is 6.54 Å². The van der Waals surface area contributed by atoms with E-state index in [1.54, 1.807) is 14.2 Å². The van der Waals surface area contributed by atoms with Crippen LogP contribution in [0.5, 0.6) is 17.2 Å². The van der Waals surface area contributed by atoms with E-state index in [1.807, 2.05) is 48.5 Å². The topological polar surface area (TPSA) is 65.7 Å². The SMILES string of the molecule is COc1ccc(CNC(=O)C[NH+]2CC[NH+](CCOc3ccc(OC)cc3)CC2)cc1. The molecule has 0 radical (unpaired) electrons. The van der Waals surface area contributed by atoms with E-state index in [1.165, 1.54) is 9.80 Å². The van der Waals surface area contributed by atoms with Crippen LogP contribution in [-0.2, 0) is 11.3 Å². The largest absolute Gasteiger partial charge is 0.497 e. The van der Waals surface area contributed by atoms with Crippen LogP contribution in [0.1, 0.15) is 5.56 Å². The molecule has 1 aliphatic rings. The standard InChI is InChI=1S/C23H31N3O4/c1-28-20-5-3-19(4-6-20)17-24-23(27)18-26-13-11-25(12-14-26)15-16-30-22-9-7-21(29-2)8-10-22/h3-10H,11-18H2,1-2H3,(H,24,27)/p+2. The molecule has 3 rings (SSSR count). The van der Waals surface area contributed by atoms with E-state index in [-0.39, 0.29) is 5.91 Å². The van der Waals surface area contributed by atoms with Crippen LogP contribution in [0, 0.1) is 0 Å². The molecular formula is C23H33N3O4+2. The van der Waals surface area contributed by atoms with Crippen molar-refractivity contribution in [2.24, 2.45) is 0 Å². The smallest absolute Gasteiger partial charge is 0.275 e. The van der Waals surface area contributed by atoms with Gasteiger partial charge in [-0.1, -0.05) is 12.1 Å². The summed E-state index contributed by atoms with van der Waals surface area (Å²) in [6.45, 7) is 6.89. The second-order valence-electron chi connectivity index (χ2n) is 7.58. The lowest BCUT2D eigenvalue weighted by Crippen LogP contribution is -3.28. The van der Waals surface area contributed by atoms with Crippen molar-refractivity contribution < 1.29 is 28.8 Å². The Labute approximate surface area is 178 Å². The normalized spacial score (nSPS) is 18.5. The van der Waals surface area contributed by atoms with Gasteiger partial charge in [0.1, 0.15) is 56.6 Å². The van der Waals surface area contributed by atoms with Crippen molar-refractivity contribution in [1.82, 2.24) is 5.32 Å². The van der Waals surface area contributed by atoms with Gasteiger partial charge in [-0.05, 0) is 42.0 Å². The Kier molecular flexibility index (Phi) is 8.35. The van der Waals surface area contributed by atoms with Crippen LogP contribution in [-0.4, -0.2) is 66.0 Å². The summed E-state index contributed by atoms with van der Waals surface area (Å²) in [6, 6.07) is 15.4. The van der Waals surface area contributed by atoms with Crippen LogP contribution in [0.3, 0.4) is 0 Å². The summed E-state index contributed by atoms with van der Waals surface area (Å²) in [5.74, 6) is 2.63. The highest BCUT2D eigenvalue weighted by Gasteiger charge is 2.24. The second-order valence-corrected chi connectivity index (χ2v) is 7.58. The van der Waals surface area contributed by atoms with Crippen molar-refractivity contribution in [2.45, 2.75) is 6.54 Å². The first-order valence-electron chi connectivity index (χ1n) is 10.5. The van der Waals surface area contributed by atoms with Gasteiger partial charge in [0, 0.05) is 6.54 Å². The van der Waals surface area contributed by atoms with Gasteiger partial charge in [-0.2, -0.15) is 0 Å². The molecule has 1 fully saturated rings. The maximum atomic E-state index is 12.3. The zero-order chi connectivity index (χ0) is 21.2. The van der Waals surface area contributed by atoms with E-state index in [0.717, 1.165) is 55.5 Å². The summed E-state index contributed by atoms with van der Waals surface area (Å²) >= 11 is 0. The van der Waals surface area contributed by atoms with Crippen molar-refractivity contribution in [2.75, 3.05) is 60.1 Å². The molecule has 162 valence electrons. The van der Waals surface area contributed by atoms with E-state index in [0.29, 0.717) is 19.7 Å². The molecule has 1 amide bonds. The fourth-order valence-corrected chi connectivity index (χ4v) is 3.60. The van der Waals surface area contributed by atoms with Gasteiger partial charge < -0.3 is 29.3 Å². The quantitative estimate of drug-likeness (QED) is 0.475. The maximum absolute atomic E-state index is 12.3. The van der Waals surface area contributed by atoms with Gasteiger partial charge in [0.05, 0.1) is 14.2 Å². The molecule has 1 heterocycles. The lowest BCUT2D eigenvalue weighted by Gasteiger charge is -2.29. The van der Waals surface area contributed by atoms with E-state index in [2.05, 4.69) is 5.32 Å². The number of methoxy groups -OCH3 is 2. The number of carbonyl (C=O) groups is 1. The number of benzene rings is 2. The van der Waals surface area contributed by atoms with Gasteiger partial charge in [0.2, 0.25) is 0 Å². The highest BCUT2D eigenvalue weighted by molar-refractivity contribution is 5.76. The van der Waals surface area contributed by atoms with Crippen molar-refractivity contribution in [3.63, 3.8) is 0 Å². The number of amides is 1. The molecule has 0 saturated carbocycles. The zero-order valence-corrected chi connectivity index (χ0v) is 17.9. The Balaban J connectivity index is 1.29. The highest BCUT2D eigenvalue weighted by Crippen LogP contribution is 2.16. The number of piperazine rings is 1. The number of nitrogens with one attached hydrogen (secondary N) is 3. The monoisotopic (exact) mass is 415 g/mol. The van der Waals surface area contributed by atoms with Gasteiger partial charge in [-0.15, -0.1) is 0 Å². The molecule has 0 atom stereocenters. The van der Waals surface area contributed by atoms with E-state index in [4.69, 9.17) is 14.2 Å². The Bertz CT molecular complexity index is 772. The Hall–Kier alpha value is -2.77. The third-order valence-corrected chi connectivity index (χ3v) is 5.51. The van der Waals surface area contributed by atoms with Gasteiger partial charge in [-0.25, -0.2) is 0 Å². The molecule has 7 heteroatoms. The highest BCUT2D eigenvalue weighted by atomic mass is 16.5.